The van der Waals surface area contributed by atoms with Crippen LogP contribution in [0, 0.1) is 27.7 Å². The highest BCUT2D eigenvalue weighted by Gasteiger charge is 2.24. The van der Waals surface area contributed by atoms with E-state index >= 15 is 0 Å². The number of rotatable bonds is 0. The first-order valence-electron chi connectivity index (χ1n) is 6.89. The number of halogens is 1. The average molecular weight is 315 g/mol. The van der Waals surface area contributed by atoms with Gasteiger partial charge < -0.3 is 0 Å². The van der Waals surface area contributed by atoms with Gasteiger partial charge in [-0.25, -0.2) is 0 Å². The smallest absolute Gasteiger partial charge is 0.0288 e. The van der Waals surface area contributed by atoms with Crippen LogP contribution in [-0.4, -0.2) is 0 Å². The predicted octanol–water partition coefficient (Wildman–Crippen LogP) is 5.45. The highest BCUT2D eigenvalue weighted by Crippen LogP contribution is 2.44. The summed E-state index contributed by atoms with van der Waals surface area (Å²) in [7, 11) is 0. The fraction of sp³-hybridized carbons (Fsp3) is 0.333. The second kappa shape index (κ2) is 4.49. The minimum Gasteiger partial charge on any atom is -0.0617 e. The van der Waals surface area contributed by atoms with Gasteiger partial charge in [-0.05, 0) is 95.4 Å². The van der Waals surface area contributed by atoms with Crippen molar-refractivity contribution in [3.63, 3.8) is 0 Å². The fourth-order valence-electron chi connectivity index (χ4n) is 3.31. The Morgan fingerprint density at radius 3 is 2.32 bits per heavy atom. The molecular weight excluding hydrogens is 296 g/mol. The second-order valence-electron chi connectivity index (χ2n) is 5.65. The molecule has 19 heavy (non-hydrogen) atoms. The standard InChI is InChI=1S/C18H19Br/c1-10-6-5-7-14-8-9-15-12(3)11(2)13(4)18(19)17(15)16(10)14/h5-7H,8-9H2,1-4H3. The lowest BCUT2D eigenvalue weighted by Crippen LogP contribution is -2.10. The van der Waals surface area contributed by atoms with Crippen molar-refractivity contribution < 1.29 is 0 Å². The summed E-state index contributed by atoms with van der Waals surface area (Å²) < 4.78 is 1.29. The molecule has 0 unspecified atom stereocenters. The van der Waals surface area contributed by atoms with E-state index in [-0.39, 0.29) is 0 Å². The highest BCUT2D eigenvalue weighted by molar-refractivity contribution is 9.10. The molecule has 3 rings (SSSR count). The number of hydrogen-bond acceptors (Lipinski definition) is 0. The van der Waals surface area contributed by atoms with Gasteiger partial charge in [0.1, 0.15) is 0 Å². The van der Waals surface area contributed by atoms with Crippen LogP contribution in [0.5, 0.6) is 0 Å². The van der Waals surface area contributed by atoms with E-state index in [9.17, 15) is 0 Å². The molecule has 2 aromatic carbocycles. The maximum absolute atomic E-state index is 3.85. The summed E-state index contributed by atoms with van der Waals surface area (Å²) in [6, 6.07) is 6.69. The van der Waals surface area contributed by atoms with Crippen LogP contribution in [-0.2, 0) is 12.8 Å². The molecule has 0 saturated heterocycles. The Bertz CT molecular complexity index is 681. The zero-order valence-electron chi connectivity index (χ0n) is 12.0. The van der Waals surface area contributed by atoms with Crippen molar-refractivity contribution in [1.82, 2.24) is 0 Å². The van der Waals surface area contributed by atoms with E-state index in [0.29, 0.717) is 0 Å². The molecule has 2 aromatic rings. The SMILES string of the molecule is Cc1cccc2c1-c1c(Br)c(C)c(C)c(C)c1CC2. The lowest BCUT2D eigenvalue weighted by Gasteiger charge is -2.27. The minimum atomic E-state index is 1.16. The first kappa shape index (κ1) is 12.9. The lowest BCUT2D eigenvalue weighted by atomic mass is 9.79. The fourth-order valence-corrected chi connectivity index (χ4v) is 4.04. The van der Waals surface area contributed by atoms with E-state index in [0.717, 1.165) is 6.42 Å². The third kappa shape index (κ3) is 1.79. The van der Waals surface area contributed by atoms with Crippen LogP contribution in [0.2, 0.25) is 0 Å². The quantitative estimate of drug-likeness (QED) is 0.606. The van der Waals surface area contributed by atoms with Gasteiger partial charge in [0.05, 0.1) is 0 Å². The summed E-state index contributed by atoms with van der Waals surface area (Å²) >= 11 is 3.85. The molecule has 1 aliphatic carbocycles. The van der Waals surface area contributed by atoms with Gasteiger partial charge >= 0.3 is 0 Å². The maximum atomic E-state index is 3.85. The monoisotopic (exact) mass is 314 g/mol. The van der Waals surface area contributed by atoms with Gasteiger partial charge in [0.2, 0.25) is 0 Å². The molecule has 0 bridgehead atoms. The largest absolute Gasteiger partial charge is 0.0617 e. The van der Waals surface area contributed by atoms with Crippen LogP contribution in [0.25, 0.3) is 11.1 Å². The molecule has 0 aromatic heterocycles. The third-order valence-electron chi connectivity index (χ3n) is 4.68. The molecule has 98 valence electrons. The Hall–Kier alpha value is -1.08. The Kier molecular flexibility index (Phi) is 3.05. The van der Waals surface area contributed by atoms with E-state index < -0.39 is 0 Å². The summed E-state index contributed by atoms with van der Waals surface area (Å²) in [5, 5.41) is 0. The lowest BCUT2D eigenvalue weighted by molar-refractivity contribution is 0.919. The number of aryl methyl sites for hydroxylation is 2. The Labute approximate surface area is 124 Å². The summed E-state index contributed by atoms with van der Waals surface area (Å²) in [6.07, 6.45) is 2.33. The molecule has 0 heterocycles. The summed E-state index contributed by atoms with van der Waals surface area (Å²) in [5.41, 5.74) is 11.6. The zero-order chi connectivity index (χ0) is 13.7. The molecule has 0 atom stereocenters. The molecule has 0 nitrogen and oxygen atoms in total. The molecule has 0 radical (unpaired) electrons. The summed E-state index contributed by atoms with van der Waals surface area (Å²) in [5.74, 6) is 0. The molecule has 0 amide bonds. The van der Waals surface area contributed by atoms with Crippen molar-refractivity contribution in [2.75, 3.05) is 0 Å². The van der Waals surface area contributed by atoms with Gasteiger partial charge in [0.25, 0.3) is 0 Å². The Morgan fingerprint density at radius 2 is 1.58 bits per heavy atom. The van der Waals surface area contributed by atoms with Gasteiger partial charge in [0.15, 0.2) is 0 Å². The van der Waals surface area contributed by atoms with Crippen molar-refractivity contribution in [2.24, 2.45) is 0 Å². The van der Waals surface area contributed by atoms with Crippen molar-refractivity contribution >= 4 is 15.9 Å². The molecular formula is C18H19Br. The van der Waals surface area contributed by atoms with E-state index in [4.69, 9.17) is 0 Å². The van der Waals surface area contributed by atoms with Gasteiger partial charge in [-0.2, -0.15) is 0 Å². The second-order valence-corrected chi connectivity index (χ2v) is 6.44. The number of hydrogen-bond donors (Lipinski definition) is 0. The summed E-state index contributed by atoms with van der Waals surface area (Å²) in [6.45, 7) is 8.96. The Morgan fingerprint density at radius 1 is 0.842 bits per heavy atom. The van der Waals surface area contributed by atoms with Crippen LogP contribution in [0.15, 0.2) is 22.7 Å². The molecule has 1 heteroatoms. The van der Waals surface area contributed by atoms with Crippen LogP contribution < -0.4 is 0 Å². The predicted molar refractivity (Wildman–Crippen MR) is 85.9 cm³/mol. The van der Waals surface area contributed by atoms with Gasteiger partial charge in [-0.15, -0.1) is 0 Å². The Balaban J connectivity index is 2.45. The van der Waals surface area contributed by atoms with Crippen LogP contribution in [0.1, 0.15) is 33.4 Å². The van der Waals surface area contributed by atoms with Crippen molar-refractivity contribution in [3.05, 3.63) is 56.1 Å². The molecule has 0 aliphatic heterocycles. The maximum Gasteiger partial charge on any atom is 0.0288 e. The van der Waals surface area contributed by atoms with E-state index in [1.165, 1.54) is 55.4 Å². The highest BCUT2D eigenvalue weighted by atomic mass is 79.9. The van der Waals surface area contributed by atoms with Gasteiger partial charge in [-0.1, -0.05) is 18.2 Å². The minimum absolute atomic E-state index is 1.16. The molecule has 0 saturated carbocycles. The van der Waals surface area contributed by atoms with E-state index in [1.807, 2.05) is 0 Å². The topological polar surface area (TPSA) is 0 Å². The number of benzene rings is 2. The first-order valence-corrected chi connectivity index (χ1v) is 7.68. The average Bonchev–Trinajstić information content (AvgIpc) is 2.42. The molecule has 1 aliphatic rings. The first-order chi connectivity index (χ1) is 9.02. The zero-order valence-corrected chi connectivity index (χ0v) is 13.6. The van der Waals surface area contributed by atoms with Crippen molar-refractivity contribution in [3.8, 4) is 11.1 Å². The van der Waals surface area contributed by atoms with Crippen LogP contribution >= 0.6 is 15.9 Å². The van der Waals surface area contributed by atoms with Gasteiger partial charge in [0, 0.05) is 10.0 Å². The van der Waals surface area contributed by atoms with Crippen molar-refractivity contribution in [1.29, 1.82) is 0 Å². The van der Waals surface area contributed by atoms with Crippen molar-refractivity contribution in [2.45, 2.75) is 40.5 Å². The molecule has 0 N–H and O–H groups in total. The van der Waals surface area contributed by atoms with Crippen LogP contribution in [0.4, 0.5) is 0 Å². The van der Waals surface area contributed by atoms with Crippen LogP contribution in [0.3, 0.4) is 0 Å². The van der Waals surface area contributed by atoms with E-state index in [2.05, 4.69) is 61.8 Å². The molecule has 0 spiro atoms. The third-order valence-corrected chi connectivity index (χ3v) is 5.67. The normalized spacial score (nSPS) is 13.1. The van der Waals surface area contributed by atoms with E-state index in [1.54, 1.807) is 0 Å². The van der Waals surface area contributed by atoms with Gasteiger partial charge in [-0.3, -0.25) is 0 Å². The summed E-state index contributed by atoms with van der Waals surface area (Å²) in [4.78, 5) is 0. The molecule has 0 fully saturated rings. The number of fused-ring (bicyclic) bond motifs is 3.